The van der Waals surface area contributed by atoms with E-state index in [1.807, 2.05) is 0 Å². The molecule has 0 atom stereocenters. The smallest absolute Gasteiger partial charge is 1.00 e. The monoisotopic (exact) mass is 306 g/mol. The molecule has 24 valence electrons. The number of hydrogen-bond donors (Lipinski definition) is 0. The predicted molar refractivity (Wildman–Crippen MR) is 5.75 cm³/mol. The molecule has 0 aromatic heterocycles. The molecule has 0 saturated heterocycles. The van der Waals surface area contributed by atoms with Crippen LogP contribution in [-0.2, 0) is 0 Å². The predicted octanol–water partition coefficient (Wildman–Crippen LogP) is -9.37. The summed E-state index contributed by atoms with van der Waals surface area (Å²) in [6.45, 7) is 0. The van der Waals surface area contributed by atoms with Gasteiger partial charge < -0.3 is 50.9 Å². The van der Waals surface area contributed by atoms with Gasteiger partial charge in [-0.1, -0.05) is 0 Å². The Labute approximate surface area is 70.1 Å². The molecule has 0 aromatic rings. The SMILES string of the molecule is [Br-].[Br-].[Br-].[Ga+3]. The van der Waals surface area contributed by atoms with Gasteiger partial charge in [-0.3, -0.25) is 0 Å². The van der Waals surface area contributed by atoms with Gasteiger partial charge in [0, 0.05) is 0 Å². The van der Waals surface area contributed by atoms with Crippen LogP contribution in [0.5, 0.6) is 0 Å². The van der Waals surface area contributed by atoms with Crippen LogP contribution in [0.4, 0.5) is 0 Å². The second-order valence-corrected chi connectivity index (χ2v) is 0. The first kappa shape index (κ1) is 36.3. The van der Waals surface area contributed by atoms with E-state index >= 15 is 0 Å². The second-order valence-electron chi connectivity index (χ2n) is 0. The van der Waals surface area contributed by atoms with Crippen LogP contribution in [0.15, 0.2) is 0 Å². The maximum Gasteiger partial charge on any atom is 3.00 e. The molecule has 0 unspecified atom stereocenters. The Balaban J connectivity index is 0. The van der Waals surface area contributed by atoms with E-state index in [-0.39, 0.29) is 70.7 Å². The van der Waals surface area contributed by atoms with Crippen molar-refractivity contribution in [3.8, 4) is 0 Å². The Bertz CT molecular complexity index is 3.25. The molecule has 0 fully saturated rings. The van der Waals surface area contributed by atoms with Crippen LogP contribution < -0.4 is 50.9 Å². The van der Waals surface area contributed by atoms with E-state index in [0.717, 1.165) is 0 Å². The Morgan fingerprint density at radius 3 is 0.500 bits per heavy atom. The standard InChI is InChI=1S/3BrH.Ga/h3*1H;/q;;;+3/p-3. The van der Waals surface area contributed by atoms with Gasteiger partial charge in [0.05, 0.1) is 0 Å². The van der Waals surface area contributed by atoms with Crippen molar-refractivity contribution in [2.75, 3.05) is 0 Å². The molecule has 0 radical (unpaired) electrons. The van der Waals surface area contributed by atoms with Crippen molar-refractivity contribution < 1.29 is 50.9 Å². The van der Waals surface area contributed by atoms with Crippen molar-refractivity contribution in [2.24, 2.45) is 0 Å². The minimum atomic E-state index is 0. The molecule has 0 rings (SSSR count). The average Bonchev–Trinajstić information content (AvgIpc) is 0. The third-order valence-electron chi connectivity index (χ3n) is 0. The van der Waals surface area contributed by atoms with Gasteiger partial charge in [-0.15, -0.1) is 0 Å². The van der Waals surface area contributed by atoms with E-state index in [9.17, 15) is 0 Å². The van der Waals surface area contributed by atoms with Gasteiger partial charge in [0.25, 0.3) is 0 Å². The zero-order chi connectivity index (χ0) is 0. The summed E-state index contributed by atoms with van der Waals surface area (Å²) < 4.78 is 0. The fourth-order valence-electron chi connectivity index (χ4n) is 0. The first-order chi connectivity index (χ1) is 0. The molecule has 0 amide bonds. The van der Waals surface area contributed by atoms with E-state index in [4.69, 9.17) is 0 Å². The number of hydrogen-bond acceptors (Lipinski definition) is 0. The van der Waals surface area contributed by atoms with E-state index in [0.29, 0.717) is 0 Å². The van der Waals surface area contributed by atoms with Crippen LogP contribution >= 0.6 is 0 Å². The average molecular weight is 309 g/mol. The second kappa shape index (κ2) is 19.6. The maximum atomic E-state index is 0. The molecule has 0 aliphatic rings. The van der Waals surface area contributed by atoms with Crippen LogP contribution in [0.2, 0.25) is 0 Å². The van der Waals surface area contributed by atoms with Gasteiger partial charge in [-0.05, 0) is 0 Å². The zero-order valence-electron chi connectivity index (χ0n) is 1.71. The normalized spacial score (nSPS) is 0. The molecule has 4 heavy (non-hydrogen) atoms. The molecular formula is Br3Ga. The van der Waals surface area contributed by atoms with Crippen molar-refractivity contribution in [2.45, 2.75) is 0 Å². The molecule has 0 aliphatic carbocycles. The van der Waals surface area contributed by atoms with Crippen LogP contribution in [-0.4, -0.2) is 19.8 Å². The summed E-state index contributed by atoms with van der Waals surface area (Å²) in [6, 6.07) is 0. The van der Waals surface area contributed by atoms with Gasteiger partial charge in [0.2, 0.25) is 0 Å². The summed E-state index contributed by atoms with van der Waals surface area (Å²) in [5, 5.41) is 0. The van der Waals surface area contributed by atoms with E-state index < -0.39 is 0 Å². The van der Waals surface area contributed by atoms with Crippen LogP contribution in [0.3, 0.4) is 0 Å². The molecule has 0 bridgehead atoms. The fourth-order valence-corrected chi connectivity index (χ4v) is 0. The van der Waals surface area contributed by atoms with Gasteiger partial charge in [0.15, 0.2) is 0 Å². The molecule has 0 nitrogen and oxygen atoms in total. The minimum Gasteiger partial charge on any atom is -1.00 e. The molecule has 0 heterocycles. The van der Waals surface area contributed by atoms with Crippen molar-refractivity contribution in [1.29, 1.82) is 0 Å². The summed E-state index contributed by atoms with van der Waals surface area (Å²) in [4.78, 5) is 0. The van der Waals surface area contributed by atoms with Crippen LogP contribution in [0, 0.1) is 0 Å². The molecule has 0 spiro atoms. The largest absolute Gasteiger partial charge is 3.00 e. The van der Waals surface area contributed by atoms with E-state index in [2.05, 4.69) is 0 Å². The van der Waals surface area contributed by atoms with Gasteiger partial charge in [-0.2, -0.15) is 0 Å². The number of halogens is 3. The van der Waals surface area contributed by atoms with E-state index in [1.54, 1.807) is 0 Å². The minimum absolute atomic E-state index is 0. The molecule has 0 aromatic carbocycles. The maximum absolute atomic E-state index is 0. The number of rotatable bonds is 0. The molecule has 4 heteroatoms. The van der Waals surface area contributed by atoms with Crippen LogP contribution in [0.1, 0.15) is 0 Å². The van der Waals surface area contributed by atoms with Crippen molar-refractivity contribution in [1.82, 2.24) is 0 Å². The summed E-state index contributed by atoms with van der Waals surface area (Å²) in [6.07, 6.45) is 0. The Morgan fingerprint density at radius 1 is 0.500 bits per heavy atom. The first-order valence-electron chi connectivity index (χ1n) is 0. The topological polar surface area (TPSA) is 0 Å². The molecule has 0 N–H and O–H groups in total. The van der Waals surface area contributed by atoms with Crippen LogP contribution in [0.25, 0.3) is 0 Å². The Kier molecular flexibility index (Phi) is 178. The summed E-state index contributed by atoms with van der Waals surface area (Å²) in [7, 11) is 0. The summed E-state index contributed by atoms with van der Waals surface area (Å²) >= 11 is 0. The first-order valence-corrected chi connectivity index (χ1v) is 0. The molecule has 0 saturated carbocycles. The fraction of sp³-hybridized carbons (Fsp3) is 0. The summed E-state index contributed by atoms with van der Waals surface area (Å²) in [5.41, 5.74) is 0. The zero-order valence-corrected chi connectivity index (χ0v) is 8.89. The Morgan fingerprint density at radius 2 is 0.500 bits per heavy atom. The molecule has 0 aliphatic heterocycles. The molecular weight excluding hydrogens is 309 g/mol. The van der Waals surface area contributed by atoms with Crippen molar-refractivity contribution in [3.05, 3.63) is 0 Å². The Hall–Kier alpha value is 2.08. The summed E-state index contributed by atoms with van der Waals surface area (Å²) in [5.74, 6) is 0. The van der Waals surface area contributed by atoms with Gasteiger partial charge in [-0.25, -0.2) is 0 Å². The third kappa shape index (κ3) is 8.95. The van der Waals surface area contributed by atoms with E-state index in [1.165, 1.54) is 0 Å². The van der Waals surface area contributed by atoms with Crippen molar-refractivity contribution in [3.63, 3.8) is 0 Å². The quantitative estimate of drug-likeness (QED) is 0.390. The third-order valence-corrected chi connectivity index (χ3v) is 0. The van der Waals surface area contributed by atoms with Gasteiger partial charge in [0.1, 0.15) is 0 Å². The van der Waals surface area contributed by atoms with Gasteiger partial charge >= 0.3 is 19.8 Å². The van der Waals surface area contributed by atoms with Crippen molar-refractivity contribution >= 4 is 19.8 Å².